The highest BCUT2D eigenvalue weighted by Gasteiger charge is 2.19. The van der Waals surface area contributed by atoms with Gasteiger partial charge in [-0.05, 0) is 36.5 Å². The van der Waals surface area contributed by atoms with Crippen LogP contribution >= 0.6 is 0 Å². The Balaban J connectivity index is 1.62. The summed E-state index contributed by atoms with van der Waals surface area (Å²) in [6.07, 6.45) is 3.87. The summed E-state index contributed by atoms with van der Waals surface area (Å²) in [6, 6.07) is 9.39. The maximum Gasteiger partial charge on any atom is 0.270 e. The molecule has 0 radical (unpaired) electrons. The van der Waals surface area contributed by atoms with E-state index < -0.39 is 0 Å². The molecule has 1 aliphatic heterocycles. The summed E-state index contributed by atoms with van der Waals surface area (Å²) in [5, 5.41) is 2.90. The third kappa shape index (κ3) is 4.47. The molecule has 1 saturated heterocycles. The van der Waals surface area contributed by atoms with Crippen LogP contribution in [0.1, 0.15) is 35.8 Å². The molecular formula is C19H24N4O2. The Kier molecular flexibility index (Phi) is 5.48. The normalized spacial score (nSPS) is 17.2. The van der Waals surface area contributed by atoms with Gasteiger partial charge < -0.3 is 15.0 Å². The predicted octanol–water partition coefficient (Wildman–Crippen LogP) is 2.65. The molecule has 6 nitrogen and oxygen atoms in total. The van der Waals surface area contributed by atoms with E-state index in [4.69, 9.17) is 4.74 Å². The summed E-state index contributed by atoms with van der Waals surface area (Å²) in [7, 11) is 1.63. The molecule has 0 aliphatic carbocycles. The van der Waals surface area contributed by atoms with Gasteiger partial charge in [-0.1, -0.05) is 19.1 Å². The highest BCUT2D eigenvalue weighted by atomic mass is 16.5. The lowest BCUT2D eigenvalue weighted by atomic mass is 10.0. The summed E-state index contributed by atoms with van der Waals surface area (Å²) in [5.41, 5.74) is 1.41. The second-order valence-electron chi connectivity index (χ2n) is 6.49. The van der Waals surface area contributed by atoms with E-state index in [1.807, 2.05) is 24.3 Å². The van der Waals surface area contributed by atoms with Crippen molar-refractivity contribution in [3.8, 4) is 5.75 Å². The standard InChI is InChI=1S/C19H24N4O2/c1-14-4-3-9-23(12-14)18-10-17(21-13-22-18)19(24)20-11-15-5-7-16(25-2)8-6-15/h5-8,10,13-14H,3-4,9,11-12H2,1-2H3,(H,20,24). The molecule has 132 valence electrons. The highest BCUT2D eigenvalue weighted by Crippen LogP contribution is 2.21. The maximum atomic E-state index is 12.4. The van der Waals surface area contributed by atoms with Crippen molar-refractivity contribution in [1.29, 1.82) is 0 Å². The van der Waals surface area contributed by atoms with E-state index in [-0.39, 0.29) is 5.91 Å². The number of hydrogen-bond donors (Lipinski definition) is 1. The van der Waals surface area contributed by atoms with Crippen molar-refractivity contribution < 1.29 is 9.53 Å². The fraction of sp³-hybridized carbons (Fsp3) is 0.421. The molecule has 25 heavy (non-hydrogen) atoms. The van der Waals surface area contributed by atoms with E-state index in [0.29, 0.717) is 18.2 Å². The molecule has 0 saturated carbocycles. The number of carbonyl (C=O) groups excluding carboxylic acids is 1. The van der Waals surface area contributed by atoms with Gasteiger partial charge in [0.1, 0.15) is 23.6 Å². The Hall–Kier alpha value is -2.63. The van der Waals surface area contributed by atoms with Crippen molar-refractivity contribution >= 4 is 11.7 Å². The van der Waals surface area contributed by atoms with Crippen LogP contribution in [-0.2, 0) is 6.54 Å². The minimum atomic E-state index is -0.190. The van der Waals surface area contributed by atoms with Crippen molar-refractivity contribution in [2.45, 2.75) is 26.3 Å². The Morgan fingerprint density at radius 1 is 1.32 bits per heavy atom. The lowest BCUT2D eigenvalue weighted by Gasteiger charge is -2.31. The zero-order valence-electron chi connectivity index (χ0n) is 14.7. The van der Waals surface area contributed by atoms with Crippen LogP contribution in [0.3, 0.4) is 0 Å². The lowest BCUT2D eigenvalue weighted by molar-refractivity contribution is 0.0945. The summed E-state index contributed by atoms with van der Waals surface area (Å²) >= 11 is 0. The number of hydrogen-bond acceptors (Lipinski definition) is 5. The van der Waals surface area contributed by atoms with Crippen LogP contribution in [0.15, 0.2) is 36.7 Å². The van der Waals surface area contributed by atoms with Crippen molar-refractivity contribution in [3.63, 3.8) is 0 Å². The zero-order valence-corrected chi connectivity index (χ0v) is 14.7. The summed E-state index contributed by atoms with van der Waals surface area (Å²) < 4.78 is 5.13. The smallest absolute Gasteiger partial charge is 0.270 e. The SMILES string of the molecule is COc1ccc(CNC(=O)c2cc(N3CCCC(C)C3)ncn2)cc1. The Morgan fingerprint density at radius 3 is 2.84 bits per heavy atom. The fourth-order valence-corrected chi connectivity index (χ4v) is 3.06. The fourth-order valence-electron chi connectivity index (χ4n) is 3.06. The molecule has 1 aliphatic rings. The van der Waals surface area contributed by atoms with Crippen molar-refractivity contribution in [2.24, 2.45) is 5.92 Å². The topological polar surface area (TPSA) is 67.3 Å². The van der Waals surface area contributed by atoms with E-state index in [2.05, 4.69) is 27.1 Å². The quantitative estimate of drug-likeness (QED) is 0.906. The van der Waals surface area contributed by atoms with Crippen LogP contribution in [0.5, 0.6) is 5.75 Å². The van der Waals surface area contributed by atoms with Crippen LogP contribution < -0.4 is 15.0 Å². The van der Waals surface area contributed by atoms with Crippen molar-refractivity contribution in [3.05, 3.63) is 47.9 Å². The number of benzene rings is 1. The average Bonchev–Trinajstić information content (AvgIpc) is 2.66. The second kappa shape index (κ2) is 7.96. The Bertz CT molecular complexity index is 718. The first-order chi connectivity index (χ1) is 12.2. The zero-order chi connectivity index (χ0) is 17.6. The number of rotatable bonds is 5. The number of amides is 1. The molecule has 1 aromatic heterocycles. The van der Waals surface area contributed by atoms with Gasteiger partial charge in [-0.15, -0.1) is 0 Å². The molecule has 1 unspecified atom stereocenters. The van der Waals surface area contributed by atoms with Gasteiger partial charge in [0, 0.05) is 25.7 Å². The van der Waals surface area contributed by atoms with E-state index in [1.165, 1.54) is 12.7 Å². The van der Waals surface area contributed by atoms with Gasteiger partial charge in [0.05, 0.1) is 7.11 Å². The minimum Gasteiger partial charge on any atom is -0.497 e. The third-order valence-electron chi connectivity index (χ3n) is 4.48. The summed E-state index contributed by atoms with van der Waals surface area (Å²) in [4.78, 5) is 23.1. The van der Waals surface area contributed by atoms with E-state index in [1.54, 1.807) is 13.2 Å². The highest BCUT2D eigenvalue weighted by molar-refractivity contribution is 5.92. The molecule has 0 spiro atoms. The lowest BCUT2D eigenvalue weighted by Crippen LogP contribution is -2.35. The molecular weight excluding hydrogens is 316 g/mol. The molecule has 2 aromatic rings. The van der Waals surface area contributed by atoms with Gasteiger partial charge in [-0.2, -0.15) is 0 Å². The molecule has 6 heteroatoms. The van der Waals surface area contributed by atoms with E-state index in [9.17, 15) is 4.79 Å². The van der Waals surface area contributed by atoms with Gasteiger partial charge in [-0.3, -0.25) is 4.79 Å². The Morgan fingerprint density at radius 2 is 2.12 bits per heavy atom. The average molecular weight is 340 g/mol. The number of nitrogens with one attached hydrogen (secondary N) is 1. The van der Waals surface area contributed by atoms with Gasteiger partial charge in [0.25, 0.3) is 5.91 Å². The van der Waals surface area contributed by atoms with Gasteiger partial charge in [-0.25, -0.2) is 9.97 Å². The molecule has 3 rings (SSSR count). The number of aromatic nitrogens is 2. The van der Waals surface area contributed by atoms with Crippen LogP contribution in [0.2, 0.25) is 0 Å². The van der Waals surface area contributed by atoms with Gasteiger partial charge >= 0.3 is 0 Å². The van der Waals surface area contributed by atoms with Crippen LogP contribution in [0.4, 0.5) is 5.82 Å². The molecule has 1 fully saturated rings. The molecule has 1 aromatic carbocycles. The first-order valence-corrected chi connectivity index (χ1v) is 8.64. The Labute approximate surface area is 148 Å². The predicted molar refractivity (Wildman–Crippen MR) is 96.8 cm³/mol. The monoisotopic (exact) mass is 340 g/mol. The number of carbonyl (C=O) groups is 1. The van der Waals surface area contributed by atoms with Crippen molar-refractivity contribution in [2.75, 3.05) is 25.1 Å². The molecule has 1 amide bonds. The van der Waals surface area contributed by atoms with E-state index >= 15 is 0 Å². The van der Waals surface area contributed by atoms with Crippen LogP contribution in [0, 0.1) is 5.92 Å². The first kappa shape index (κ1) is 17.2. The van der Waals surface area contributed by atoms with Gasteiger partial charge in [0.2, 0.25) is 0 Å². The van der Waals surface area contributed by atoms with Gasteiger partial charge in [0.15, 0.2) is 0 Å². The largest absolute Gasteiger partial charge is 0.497 e. The second-order valence-corrected chi connectivity index (χ2v) is 6.49. The number of nitrogens with zero attached hydrogens (tertiary/aromatic N) is 3. The number of methoxy groups -OCH3 is 1. The number of anilines is 1. The third-order valence-corrected chi connectivity index (χ3v) is 4.48. The minimum absolute atomic E-state index is 0.190. The number of piperidine rings is 1. The molecule has 1 atom stereocenters. The van der Waals surface area contributed by atoms with Crippen molar-refractivity contribution in [1.82, 2.24) is 15.3 Å². The molecule has 1 N–H and O–H groups in total. The molecule has 2 heterocycles. The number of ether oxygens (including phenoxy) is 1. The first-order valence-electron chi connectivity index (χ1n) is 8.64. The van der Waals surface area contributed by atoms with E-state index in [0.717, 1.165) is 36.6 Å². The van der Waals surface area contributed by atoms with Crippen LogP contribution in [0.25, 0.3) is 0 Å². The maximum absolute atomic E-state index is 12.4. The van der Waals surface area contributed by atoms with Crippen LogP contribution in [-0.4, -0.2) is 36.1 Å². The summed E-state index contributed by atoms with van der Waals surface area (Å²) in [5.74, 6) is 2.09. The molecule has 0 bridgehead atoms. The summed E-state index contributed by atoms with van der Waals surface area (Å²) in [6.45, 7) is 4.65.